The van der Waals surface area contributed by atoms with Crippen molar-refractivity contribution in [3.63, 3.8) is 0 Å². The van der Waals surface area contributed by atoms with E-state index in [0.717, 1.165) is 6.42 Å². The predicted octanol–water partition coefficient (Wildman–Crippen LogP) is 6.50. The van der Waals surface area contributed by atoms with Crippen LogP contribution in [0, 0.1) is 0 Å². The molecule has 0 aliphatic rings. The van der Waals surface area contributed by atoms with E-state index in [4.69, 9.17) is 11.5 Å². The fraction of sp³-hybridized carbons (Fsp3) is 1.00. The van der Waals surface area contributed by atoms with Gasteiger partial charge in [0.05, 0.1) is 0 Å². The molecule has 0 aromatic carbocycles. The van der Waals surface area contributed by atoms with Crippen molar-refractivity contribution < 1.29 is 0 Å². The van der Waals surface area contributed by atoms with Gasteiger partial charge in [-0.2, -0.15) is 0 Å². The largest absolute Gasteiger partial charge is 0.326 e. The lowest BCUT2D eigenvalue weighted by Crippen LogP contribution is -2.50. The Labute approximate surface area is 157 Å². The van der Waals surface area contributed by atoms with Crippen molar-refractivity contribution in [3.05, 3.63) is 0 Å². The molecule has 0 aromatic rings. The molecule has 142 valence electrons. The highest BCUT2D eigenvalue weighted by Crippen LogP contribution is 2.15. The molecular formula is C20H45BrN2. The molecule has 4 N–H and O–H groups in total. The fourth-order valence-corrected chi connectivity index (χ4v) is 2.93. The molecule has 1 unspecified atom stereocenters. The molecule has 0 saturated carbocycles. The molecule has 0 aromatic heterocycles. The zero-order valence-electron chi connectivity index (χ0n) is 16.2. The Balaban J connectivity index is 0. The van der Waals surface area contributed by atoms with E-state index in [9.17, 15) is 0 Å². The van der Waals surface area contributed by atoms with Gasteiger partial charge >= 0.3 is 0 Å². The van der Waals surface area contributed by atoms with Gasteiger partial charge in [-0.15, -0.1) is 17.0 Å². The molecule has 1 atom stereocenters. The third kappa shape index (κ3) is 18.6. The zero-order chi connectivity index (χ0) is 16.7. The summed E-state index contributed by atoms with van der Waals surface area (Å²) in [6.07, 6.45) is 20.7. The van der Waals surface area contributed by atoms with E-state index >= 15 is 0 Å². The highest BCUT2D eigenvalue weighted by molar-refractivity contribution is 8.93. The Bertz CT molecular complexity index is 226. The summed E-state index contributed by atoms with van der Waals surface area (Å²) in [6.45, 7) is 6.34. The van der Waals surface area contributed by atoms with Gasteiger partial charge in [0.25, 0.3) is 0 Å². The van der Waals surface area contributed by atoms with Crippen LogP contribution in [-0.4, -0.2) is 11.6 Å². The predicted molar refractivity (Wildman–Crippen MR) is 111 cm³/mol. The number of hydrogen-bond donors (Lipinski definition) is 2. The average Bonchev–Trinajstić information content (AvgIpc) is 2.46. The third-order valence-corrected chi connectivity index (χ3v) is 4.82. The molecule has 23 heavy (non-hydrogen) atoms. The van der Waals surface area contributed by atoms with Crippen molar-refractivity contribution >= 4 is 17.0 Å². The van der Waals surface area contributed by atoms with Gasteiger partial charge in [-0.1, -0.05) is 96.8 Å². The van der Waals surface area contributed by atoms with E-state index in [1.165, 1.54) is 89.9 Å². The number of unbranched alkanes of at least 4 members (excludes halogenated alkanes) is 13. The summed E-state index contributed by atoms with van der Waals surface area (Å²) in [5, 5.41) is 0. The van der Waals surface area contributed by atoms with Crippen LogP contribution in [0.1, 0.15) is 117 Å². The van der Waals surface area contributed by atoms with Crippen LogP contribution in [0.4, 0.5) is 0 Å². The van der Waals surface area contributed by atoms with Gasteiger partial charge in [-0.25, -0.2) is 0 Å². The zero-order valence-corrected chi connectivity index (χ0v) is 18.0. The summed E-state index contributed by atoms with van der Waals surface area (Å²) in [5.41, 5.74) is 11.9. The van der Waals surface area contributed by atoms with E-state index in [1.54, 1.807) is 0 Å². The van der Waals surface area contributed by atoms with E-state index < -0.39 is 0 Å². The van der Waals surface area contributed by atoms with Crippen molar-refractivity contribution in [2.75, 3.05) is 0 Å². The standard InChI is InChI=1S/C20H44N2.BrH/c1-4-5-6-7-8-9-10-11-12-13-14-15-16-17-18-19(21)20(2,3)22;/h19H,4-18,21-22H2,1-3H3;1H. The minimum absolute atomic E-state index is 0. The van der Waals surface area contributed by atoms with E-state index in [2.05, 4.69) is 6.92 Å². The van der Waals surface area contributed by atoms with Crippen LogP contribution in [0.5, 0.6) is 0 Å². The van der Waals surface area contributed by atoms with Crippen molar-refractivity contribution in [2.24, 2.45) is 11.5 Å². The molecule has 0 amide bonds. The Hall–Kier alpha value is 0.400. The number of halogens is 1. The lowest BCUT2D eigenvalue weighted by Gasteiger charge is -2.26. The van der Waals surface area contributed by atoms with Crippen molar-refractivity contribution in [1.29, 1.82) is 0 Å². The second-order valence-electron chi connectivity index (χ2n) is 7.81. The summed E-state index contributed by atoms with van der Waals surface area (Å²) >= 11 is 0. The fourth-order valence-electron chi connectivity index (χ4n) is 2.93. The number of nitrogens with two attached hydrogens (primary N) is 2. The van der Waals surface area contributed by atoms with Gasteiger partial charge in [0.2, 0.25) is 0 Å². The molecule has 0 rings (SSSR count). The van der Waals surface area contributed by atoms with Crippen LogP contribution < -0.4 is 11.5 Å². The second kappa shape index (κ2) is 17.2. The molecule has 0 spiro atoms. The molecule has 0 heterocycles. The SMILES string of the molecule is Br.CCCCCCCCCCCCCCCCC(N)C(C)(C)N. The van der Waals surface area contributed by atoms with Gasteiger partial charge in [-0.05, 0) is 20.3 Å². The third-order valence-electron chi connectivity index (χ3n) is 4.82. The molecule has 3 heteroatoms. The minimum atomic E-state index is -0.226. The molecule has 0 fully saturated rings. The first kappa shape index (κ1) is 25.6. The molecule has 0 aliphatic heterocycles. The number of hydrogen-bond acceptors (Lipinski definition) is 2. The quantitative estimate of drug-likeness (QED) is 0.294. The minimum Gasteiger partial charge on any atom is -0.326 e. The van der Waals surface area contributed by atoms with Gasteiger partial charge in [0, 0.05) is 11.6 Å². The maximum Gasteiger partial charge on any atom is 0.0250 e. The monoisotopic (exact) mass is 392 g/mol. The van der Waals surface area contributed by atoms with Crippen LogP contribution in [0.15, 0.2) is 0 Å². The van der Waals surface area contributed by atoms with Crippen molar-refractivity contribution in [1.82, 2.24) is 0 Å². The molecule has 0 aliphatic carbocycles. The topological polar surface area (TPSA) is 52.0 Å². The summed E-state index contributed by atoms with van der Waals surface area (Å²) in [4.78, 5) is 0. The van der Waals surface area contributed by atoms with Crippen LogP contribution in [0.25, 0.3) is 0 Å². The first-order chi connectivity index (χ1) is 10.5. The first-order valence-electron chi connectivity index (χ1n) is 10.0. The molecule has 0 radical (unpaired) electrons. The van der Waals surface area contributed by atoms with Gasteiger partial charge in [-0.3, -0.25) is 0 Å². The molecule has 0 bridgehead atoms. The Morgan fingerprint density at radius 2 is 0.957 bits per heavy atom. The lowest BCUT2D eigenvalue weighted by atomic mass is 9.92. The van der Waals surface area contributed by atoms with Crippen LogP contribution in [0.2, 0.25) is 0 Å². The molecule has 0 saturated heterocycles. The average molecular weight is 393 g/mol. The Morgan fingerprint density at radius 1 is 0.652 bits per heavy atom. The van der Waals surface area contributed by atoms with Crippen LogP contribution in [-0.2, 0) is 0 Å². The summed E-state index contributed by atoms with van der Waals surface area (Å²) in [7, 11) is 0. The summed E-state index contributed by atoms with van der Waals surface area (Å²) in [5.74, 6) is 0. The first-order valence-corrected chi connectivity index (χ1v) is 10.0. The normalized spacial score (nSPS) is 12.9. The van der Waals surface area contributed by atoms with E-state index in [-0.39, 0.29) is 28.6 Å². The maximum absolute atomic E-state index is 6.07. The summed E-state index contributed by atoms with van der Waals surface area (Å²) in [6, 6.07) is 0.143. The maximum atomic E-state index is 6.07. The highest BCUT2D eigenvalue weighted by atomic mass is 79.9. The Morgan fingerprint density at radius 3 is 1.26 bits per heavy atom. The second-order valence-corrected chi connectivity index (χ2v) is 7.81. The van der Waals surface area contributed by atoms with Crippen LogP contribution in [0.3, 0.4) is 0 Å². The van der Waals surface area contributed by atoms with Crippen LogP contribution >= 0.6 is 17.0 Å². The number of rotatable bonds is 16. The highest BCUT2D eigenvalue weighted by Gasteiger charge is 2.19. The lowest BCUT2D eigenvalue weighted by molar-refractivity contribution is 0.376. The van der Waals surface area contributed by atoms with Gasteiger partial charge < -0.3 is 11.5 Å². The van der Waals surface area contributed by atoms with Crippen molar-refractivity contribution in [2.45, 2.75) is 129 Å². The van der Waals surface area contributed by atoms with Gasteiger partial charge in [0.1, 0.15) is 0 Å². The molecule has 2 nitrogen and oxygen atoms in total. The smallest absolute Gasteiger partial charge is 0.0250 e. The Kier molecular flexibility index (Phi) is 19.2. The van der Waals surface area contributed by atoms with E-state index in [0.29, 0.717) is 0 Å². The van der Waals surface area contributed by atoms with E-state index in [1.807, 2.05) is 13.8 Å². The van der Waals surface area contributed by atoms with Gasteiger partial charge in [0.15, 0.2) is 0 Å². The molecular weight excluding hydrogens is 348 g/mol. The van der Waals surface area contributed by atoms with Crippen molar-refractivity contribution in [3.8, 4) is 0 Å². The summed E-state index contributed by atoms with van der Waals surface area (Å²) < 4.78 is 0.